The molecule has 85 heavy (non-hydrogen) atoms. The summed E-state index contributed by atoms with van der Waals surface area (Å²) >= 11 is 0. The third-order valence-electron chi connectivity index (χ3n) is 17.9. The fourth-order valence-corrected chi connectivity index (χ4v) is 14.4. The molecule has 6 heteroatoms. The molecule has 0 amide bonds. The second-order valence-electron chi connectivity index (χ2n) is 22.3. The van der Waals surface area contributed by atoms with Crippen molar-refractivity contribution in [2.45, 2.75) is 0 Å². The highest BCUT2D eigenvalue weighted by atomic mass is 15.1. The normalized spacial score (nSPS) is 12.0. The standard InChI is InChI=1S/C79H48N6/c80-49-64-70(84-66-37-19-14-32-58(66)63-47-72-62(48-73(63)84)57-31-13-18-36-65(57)81(72)54-25-7-2-8-26-54)45-53(52-43-41-51(42-44-52)50-23-5-1-6-24-50)46-71(64)85-69-40-22-17-35-61(69)76-78-74(59-33-15-20-38-67(59)82(78)55-27-9-3-10-28-55)77-75(79(76)85)60-34-16-21-39-68(60)83(77)56-29-11-4-12-30-56/h1-48H. The maximum absolute atomic E-state index is 12.5. The Hall–Kier alpha value is -11.7. The molecular weight excluding hydrogens is 1030 g/mol. The summed E-state index contributed by atoms with van der Waals surface area (Å²) in [6.45, 7) is 0. The van der Waals surface area contributed by atoms with Crippen molar-refractivity contribution in [3.8, 4) is 56.8 Å². The molecule has 18 aromatic rings. The Bertz CT molecular complexity index is 5740. The summed E-state index contributed by atoms with van der Waals surface area (Å²) in [6, 6.07) is 108. The van der Waals surface area contributed by atoms with Crippen LogP contribution in [0, 0.1) is 11.3 Å². The fourth-order valence-electron chi connectivity index (χ4n) is 14.4. The number of aromatic nitrogens is 5. The zero-order valence-corrected chi connectivity index (χ0v) is 45.9. The van der Waals surface area contributed by atoms with Crippen molar-refractivity contribution in [2.24, 2.45) is 0 Å². The zero-order chi connectivity index (χ0) is 55.9. The quantitative estimate of drug-likeness (QED) is 0.157. The topological polar surface area (TPSA) is 48.4 Å². The van der Waals surface area contributed by atoms with E-state index in [0.29, 0.717) is 5.56 Å². The first-order valence-corrected chi connectivity index (χ1v) is 29.0. The van der Waals surface area contributed by atoms with E-state index in [4.69, 9.17) is 0 Å². The molecule has 394 valence electrons. The Morgan fingerprint density at radius 3 is 0.976 bits per heavy atom. The van der Waals surface area contributed by atoms with Crippen LogP contribution in [0.15, 0.2) is 291 Å². The van der Waals surface area contributed by atoms with Crippen LogP contribution in [-0.4, -0.2) is 22.8 Å². The number of para-hydroxylation sites is 8. The minimum atomic E-state index is 0.561. The Morgan fingerprint density at radius 2 is 0.529 bits per heavy atom. The van der Waals surface area contributed by atoms with Crippen molar-refractivity contribution >= 4 is 109 Å². The molecule has 0 atom stereocenters. The Balaban J connectivity index is 1.04. The van der Waals surface area contributed by atoms with Crippen LogP contribution in [0.1, 0.15) is 5.56 Å². The lowest BCUT2D eigenvalue weighted by Gasteiger charge is -2.19. The predicted octanol–water partition coefficient (Wildman–Crippen LogP) is 20.4. The minimum absolute atomic E-state index is 0.561. The molecule has 18 rings (SSSR count). The number of hydrogen-bond donors (Lipinski definition) is 0. The van der Waals surface area contributed by atoms with Gasteiger partial charge < -0.3 is 22.8 Å². The number of rotatable bonds is 7. The van der Waals surface area contributed by atoms with Gasteiger partial charge in [-0.05, 0) is 113 Å². The van der Waals surface area contributed by atoms with E-state index in [2.05, 4.69) is 320 Å². The van der Waals surface area contributed by atoms with Gasteiger partial charge in [0, 0.05) is 70.9 Å². The number of nitrogens with zero attached hydrogens (tertiary/aromatic N) is 6. The van der Waals surface area contributed by atoms with E-state index >= 15 is 0 Å². The zero-order valence-electron chi connectivity index (χ0n) is 45.9. The smallest absolute Gasteiger partial charge is 0.104 e. The van der Waals surface area contributed by atoms with Crippen LogP contribution in [0.3, 0.4) is 0 Å². The summed E-state index contributed by atoms with van der Waals surface area (Å²) in [6.07, 6.45) is 0. The summed E-state index contributed by atoms with van der Waals surface area (Å²) in [7, 11) is 0. The molecule has 0 aliphatic heterocycles. The Morgan fingerprint density at radius 1 is 0.224 bits per heavy atom. The lowest BCUT2D eigenvalue weighted by Crippen LogP contribution is -2.05. The first-order chi connectivity index (χ1) is 42.2. The lowest BCUT2D eigenvalue weighted by molar-refractivity contribution is 1.12. The highest BCUT2D eigenvalue weighted by molar-refractivity contribution is 6.40. The van der Waals surface area contributed by atoms with Gasteiger partial charge in [-0.25, -0.2) is 0 Å². The van der Waals surface area contributed by atoms with Crippen molar-refractivity contribution in [1.29, 1.82) is 5.26 Å². The van der Waals surface area contributed by atoms with Crippen molar-refractivity contribution in [2.75, 3.05) is 0 Å². The molecule has 0 unspecified atom stereocenters. The van der Waals surface area contributed by atoms with E-state index in [-0.39, 0.29) is 0 Å². The van der Waals surface area contributed by atoms with Gasteiger partial charge in [0.1, 0.15) is 11.6 Å². The van der Waals surface area contributed by atoms with E-state index in [1.165, 1.54) is 10.8 Å². The second kappa shape index (κ2) is 18.2. The molecule has 0 radical (unpaired) electrons. The van der Waals surface area contributed by atoms with Gasteiger partial charge in [0.15, 0.2) is 0 Å². The molecular formula is C79H48N6. The number of benzene rings is 13. The van der Waals surface area contributed by atoms with Gasteiger partial charge in [0.25, 0.3) is 0 Å². The van der Waals surface area contributed by atoms with Crippen LogP contribution in [0.5, 0.6) is 0 Å². The molecule has 0 aliphatic carbocycles. The molecule has 0 bridgehead atoms. The largest absolute Gasteiger partial charge is 0.309 e. The Labute approximate surface area is 488 Å². The summed E-state index contributed by atoms with van der Waals surface area (Å²) in [5.41, 5.74) is 20.5. The van der Waals surface area contributed by atoms with Crippen molar-refractivity contribution < 1.29 is 0 Å². The molecule has 5 aromatic heterocycles. The number of fused-ring (bicyclic) bond motifs is 18. The SMILES string of the molecule is N#Cc1c(-n2c3ccccc3c3cc4c(cc32)c2ccccc2n4-c2ccccc2)cc(-c2ccc(-c3ccccc3)cc2)cc1-n1c2ccccc2c2c3c(c4ccccc4n3-c3ccccc3)c3c(c4ccccc4n3-c3ccccc3)c21. The summed E-state index contributed by atoms with van der Waals surface area (Å²) in [5.74, 6) is 0. The van der Waals surface area contributed by atoms with Crippen LogP contribution < -0.4 is 0 Å². The van der Waals surface area contributed by atoms with Crippen molar-refractivity contribution in [3.63, 3.8) is 0 Å². The average molecular weight is 1080 g/mol. The van der Waals surface area contributed by atoms with E-state index in [1.54, 1.807) is 0 Å². The van der Waals surface area contributed by atoms with Gasteiger partial charge in [0.2, 0.25) is 0 Å². The third-order valence-corrected chi connectivity index (χ3v) is 17.9. The molecule has 0 aliphatic rings. The van der Waals surface area contributed by atoms with E-state index in [9.17, 15) is 5.26 Å². The molecule has 0 fully saturated rings. The minimum Gasteiger partial charge on any atom is -0.309 e. The van der Waals surface area contributed by atoms with Gasteiger partial charge in [-0.3, -0.25) is 0 Å². The van der Waals surface area contributed by atoms with E-state index in [0.717, 1.165) is 149 Å². The van der Waals surface area contributed by atoms with Gasteiger partial charge in [0.05, 0.1) is 66.5 Å². The van der Waals surface area contributed by atoms with Crippen LogP contribution in [-0.2, 0) is 0 Å². The fraction of sp³-hybridized carbons (Fsp3) is 0. The first kappa shape index (κ1) is 47.0. The summed E-state index contributed by atoms with van der Waals surface area (Å²) < 4.78 is 12.2. The van der Waals surface area contributed by atoms with E-state index < -0.39 is 0 Å². The first-order valence-electron chi connectivity index (χ1n) is 29.0. The summed E-state index contributed by atoms with van der Waals surface area (Å²) in [4.78, 5) is 0. The van der Waals surface area contributed by atoms with Gasteiger partial charge in [-0.1, -0.05) is 200 Å². The summed E-state index contributed by atoms with van der Waals surface area (Å²) in [5, 5.41) is 23.8. The van der Waals surface area contributed by atoms with Gasteiger partial charge >= 0.3 is 0 Å². The van der Waals surface area contributed by atoms with Gasteiger partial charge in [-0.2, -0.15) is 5.26 Å². The number of nitriles is 1. The maximum atomic E-state index is 12.5. The predicted molar refractivity (Wildman–Crippen MR) is 354 cm³/mol. The molecule has 0 spiro atoms. The molecule has 6 nitrogen and oxygen atoms in total. The van der Waals surface area contributed by atoms with Crippen LogP contribution in [0.4, 0.5) is 0 Å². The Kier molecular flexibility index (Phi) is 10.1. The number of hydrogen-bond acceptors (Lipinski definition) is 1. The van der Waals surface area contributed by atoms with E-state index in [1.807, 2.05) is 0 Å². The van der Waals surface area contributed by atoms with Crippen LogP contribution in [0.25, 0.3) is 160 Å². The lowest BCUT2D eigenvalue weighted by atomic mass is 9.97. The van der Waals surface area contributed by atoms with Crippen LogP contribution in [0.2, 0.25) is 0 Å². The second-order valence-corrected chi connectivity index (χ2v) is 22.3. The molecule has 0 N–H and O–H groups in total. The molecule has 5 heterocycles. The van der Waals surface area contributed by atoms with Crippen molar-refractivity contribution in [1.82, 2.24) is 22.8 Å². The molecule has 13 aromatic carbocycles. The molecule has 0 saturated carbocycles. The maximum Gasteiger partial charge on any atom is 0.104 e. The molecule has 0 saturated heterocycles. The third kappa shape index (κ3) is 6.69. The van der Waals surface area contributed by atoms with Gasteiger partial charge in [-0.15, -0.1) is 0 Å². The average Bonchev–Trinajstić information content (AvgIpc) is 1.85. The van der Waals surface area contributed by atoms with Crippen molar-refractivity contribution in [3.05, 3.63) is 297 Å². The van der Waals surface area contributed by atoms with Crippen LogP contribution >= 0.6 is 0 Å². The highest BCUT2D eigenvalue weighted by Gasteiger charge is 2.31. The highest BCUT2D eigenvalue weighted by Crippen LogP contribution is 2.51. The monoisotopic (exact) mass is 1080 g/mol.